The fraction of sp³-hybridized carbons (Fsp3) is 0.333. The van der Waals surface area contributed by atoms with E-state index in [-0.39, 0.29) is 6.04 Å². The molecule has 1 aromatic heterocycles. The fourth-order valence-corrected chi connectivity index (χ4v) is 4.16. The van der Waals surface area contributed by atoms with Crippen LogP contribution < -0.4 is 14.8 Å². The maximum atomic E-state index is 12.7. The van der Waals surface area contributed by atoms with E-state index >= 15 is 0 Å². The summed E-state index contributed by atoms with van der Waals surface area (Å²) < 4.78 is 10.4. The Labute approximate surface area is 160 Å². The van der Waals surface area contributed by atoms with Crippen LogP contribution in [0.2, 0.25) is 5.02 Å². The zero-order valence-electron chi connectivity index (χ0n) is 14.5. The van der Waals surface area contributed by atoms with E-state index in [0.29, 0.717) is 28.8 Å². The van der Waals surface area contributed by atoms with Crippen molar-refractivity contribution in [2.75, 3.05) is 26.1 Å². The van der Waals surface area contributed by atoms with E-state index in [9.17, 15) is 9.59 Å². The maximum absolute atomic E-state index is 12.7. The molecule has 1 aliphatic heterocycles. The monoisotopic (exact) mass is 394 g/mol. The highest BCUT2D eigenvalue weighted by atomic mass is 35.5. The third-order valence-corrected chi connectivity index (χ3v) is 5.57. The molecule has 0 radical (unpaired) electrons. The SMILES string of the molecule is COc1cc(OC)c(NC(=O)C(=O)N2CCC[C@@H]2c2cccs2)cc1Cl. The van der Waals surface area contributed by atoms with Crippen molar-refractivity contribution in [3.63, 3.8) is 0 Å². The average Bonchev–Trinajstić information content (AvgIpc) is 3.32. The van der Waals surface area contributed by atoms with E-state index in [1.165, 1.54) is 20.3 Å². The molecule has 0 saturated carbocycles. The molecule has 0 aliphatic carbocycles. The molecule has 2 aromatic rings. The first-order chi connectivity index (χ1) is 12.5. The number of nitrogens with zero attached hydrogens (tertiary/aromatic N) is 1. The first kappa shape index (κ1) is 18.5. The molecular weight excluding hydrogens is 376 g/mol. The highest BCUT2D eigenvalue weighted by Crippen LogP contribution is 2.37. The van der Waals surface area contributed by atoms with Crippen LogP contribution in [0.3, 0.4) is 0 Å². The van der Waals surface area contributed by atoms with Crippen LogP contribution in [-0.4, -0.2) is 37.5 Å². The fourth-order valence-electron chi connectivity index (χ4n) is 3.05. The Kier molecular flexibility index (Phi) is 5.68. The lowest BCUT2D eigenvalue weighted by Gasteiger charge is -2.23. The van der Waals surface area contributed by atoms with Gasteiger partial charge in [0, 0.05) is 17.5 Å². The summed E-state index contributed by atoms with van der Waals surface area (Å²) in [5, 5.41) is 4.89. The Morgan fingerprint density at radius 3 is 2.69 bits per heavy atom. The Morgan fingerprint density at radius 2 is 2.04 bits per heavy atom. The van der Waals surface area contributed by atoms with Gasteiger partial charge in [0.05, 0.1) is 31.0 Å². The van der Waals surface area contributed by atoms with Gasteiger partial charge >= 0.3 is 11.8 Å². The zero-order chi connectivity index (χ0) is 18.7. The molecule has 0 bridgehead atoms. The van der Waals surface area contributed by atoms with Crippen LogP contribution in [0.5, 0.6) is 11.5 Å². The smallest absolute Gasteiger partial charge is 0.314 e. The lowest BCUT2D eigenvalue weighted by Crippen LogP contribution is -2.39. The summed E-state index contributed by atoms with van der Waals surface area (Å²) in [4.78, 5) is 27.9. The molecule has 8 heteroatoms. The summed E-state index contributed by atoms with van der Waals surface area (Å²) in [7, 11) is 2.95. The summed E-state index contributed by atoms with van der Waals surface area (Å²) in [6, 6.07) is 6.96. The molecule has 1 aromatic carbocycles. The minimum atomic E-state index is -0.715. The Hall–Kier alpha value is -2.25. The van der Waals surface area contributed by atoms with Crippen molar-refractivity contribution in [3.8, 4) is 11.5 Å². The van der Waals surface area contributed by atoms with Crippen molar-refractivity contribution in [2.45, 2.75) is 18.9 Å². The molecule has 1 atom stereocenters. The van der Waals surface area contributed by atoms with Crippen LogP contribution in [0.1, 0.15) is 23.8 Å². The molecule has 1 saturated heterocycles. The number of hydrogen-bond acceptors (Lipinski definition) is 5. The lowest BCUT2D eigenvalue weighted by molar-refractivity contribution is -0.143. The van der Waals surface area contributed by atoms with Crippen molar-refractivity contribution >= 4 is 40.4 Å². The Balaban J connectivity index is 1.77. The van der Waals surface area contributed by atoms with Crippen molar-refractivity contribution in [2.24, 2.45) is 0 Å². The molecule has 1 aliphatic rings. The quantitative estimate of drug-likeness (QED) is 0.802. The average molecular weight is 395 g/mol. The second-order valence-corrected chi connectivity index (χ2v) is 7.20. The molecule has 2 heterocycles. The number of rotatable bonds is 4. The summed E-state index contributed by atoms with van der Waals surface area (Å²) in [5.74, 6) is -0.489. The normalized spacial score (nSPS) is 16.4. The van der Waals surface area contributed by atoms with Gasteiger partial charge in [-0.3, -0.25) is 9.59 Å². The molecule has 3 rings (SSSR count). The standard InChI is InChI=1S/C18H19ClN2O4S/c1-24-14-10-15(25-2)12(9-11(14)19)20-17(22)18(23)21-7-3-5-13(21)16-6-4-8-26-16/h4,6,8-10,13H,3,5,7H2,1-2H3,(H,20,22)/t13-/m1/s1. The van der Waals surface area contributed by atoms with Gasteiger partial charge in [-0.05, 0) is 30.4 Å². The van der Waals surface area contributed by atoms with E-state index in [4.69, 9.17) is 21.1 Å². The summed E-state index contributed by atoms with van der Waals surface area (Å²) >= 11 is 7.71. The highest BCUT2D eigenvalue weighted by molar-refractivity contribution is 7.10. The van der Waals surface area contributed by atoms with E-state index in [1.807, 2.05) is 17.5 Å². The highest BCUT2D eigenvalue weighted by Gasteiger charge is 2.34. The molecule has 1 fully saturated rings. The number of carbonyl (C=O) groups is 2. The van der Waals surface area contributed by atoms with E-state index in [2.05, 4.69) is 5.32 Å². The largest absolute Gasteiger partial charge is 0.495 e. The van der Waals surface area contributed by atoms with Crippen LogP contribution in [0.25, 0.3) is 0 Å². The van der Waals surface area contributed by atoms with Crippen LogP contribution in [0, 0.1) is 0 Å². The van der Waals surface area contributed by atoms with Gasteiger partial charge in [0.2, 0.25) is 0 Å². The number of ether oxygens (including phenoxy) is 2. The molecule has 1 N–H and O–H groups in total. The van der Waals surface area contributed by atoms with Gasteiger partial charge in [-0.15, -0.1) is 11.3 Å². The van der Waals surface area contributed by atoms with Crippen molar-refractivity contribution in [3.05, 3.63) is 39.5 Å². The first-order valence-electron chi connectivity index (χ1n) is 8.12. The summed E-state index contributed by atoms with van der Waals surface area (Å²) in [5.41, 5.74) is 0.323. The number of methoxy groups -OCH3 is 2. The molecule has 6 nitrogen and oxygen atoms in total. The Bertz CT molecular complexity index is 810. The van der Waals surface area contributed by atoms with E-state index in [0.717, 1.165) is 17.7 Å². The topological polar surface area (TPSA) is 67.9 Å². The summed E-state index contributed by atoms with van der Waals surface area (Å²) in [6.07, 6.45) is 1.73. The number of halogens is 1. The molecule has 2 amide bonds. The molecule has 26 heavy (non-hydrogen) atoms. The number of carbonyl (C=O) groups excluding carboxylic acids is 2. The molecular formula is C18H19ClN2O4S. The van der Waals surface area contributed by atoms with Gasteiger partial charge < -0.3 is 19.7 Å². The second kappa shape index (κ2) is 7.97. The van der Waals surface area contributed by atoms with Crippen molar-refractivity contribution in [1.82, 2.24) is 4.90 Å². The predicted octanol–water partition coefficient (Wildman–Crippen LogP) is 3.72. The number of thiophene rings is 1. The molecule has 138 valence electrons. The number of likely N-dealkylation sites (tertiary alicyclic amines) is 1. The van der Waals surface area contributed by atoms with Gasteiger partial charge in [0.1, 0.15) is 11.5 Å². The van der Waals surface area contributed by atoms with Crippen LogP contribution in [0.4, 0.5) is 5.69 Å². The van der Waals surface area contributed by atoms with Crippen molar-refractivity contribution in [1.29, 1.82) is 0 Å². The number of anilines is 1. The number of amides is 2. The van der Waals surface area contributed by atoms with Crippen molar-refractivity contribution < 1.29 is 19.1 Å². The predicted molar refractivity (Wildman–Crippen MR) is 101 cm³/mol. The van der Waals surface area contributed by atoms with E-state index < -0.39 is 11.8 Å². The summed E-state index contributed by atoms with van der Waals surface area (Å²) in [6.45, 7) is 0.565. The number of benzene rings is 1. The van der Waals surface area contributed by atoms with E-state index in [1.54, 1.807) is 22.3 Å². The zero-order valence-corrected chi connectivity index (χ0v) is 16.0. The minimum absolute atomic E-state index is 0.0467. The maximum Gasteiger partial charge on any atom is 0.314 e. The molecule has 0 unspecified atom stereocenters. The lowest BCUT2D eigenvalue weighted by atomic mass is 10.2. The first-order valence-corrected chi connectivity index (χ1v) is 9.37. The molecule has 0 spiro atoms. The van der Waals surface area contributed by atoms with Gasteiger partial charge in [-0.1, -0.05) is 17.7 Å². The minimum Gasteiger partial charge on any atom is -0.495 e. The second-order valence-electron chi connectivity index (χ2n) is 5.81. The number of hydrogen-bond donors (Lipinski definition) is 1. The van der Waals surface area contributed by atoms with Gasteiger partial charge in [0.25, 0.3) is 0 Å². The van der Waals surface area contributed by atoms with Gasteiger partial charge in [-0.25, -0.2) is 0 Å². The third-order valence-electron chi connectivity index (χ3n) is 4.30. The van der Waals surface area contributed by atoms with Gasteiger partial charge in [-0.2, -0.15) is 0 Å². The Morgan fingerprint density at radius 1 is 1.27 bits per heavy atom. The van der Waals surface area contributed by atoms with Crippen LogP contribution in [-0.2, 0) is 9.59 Å². The van der Waals surface area contributed by atoms with Crippen LogP contribution in [0.15, 0.2) is 29.6 Å². The van der Waals surface area contributed by atoms with Crippen LogP contribution >= 0.6 is 22.9 Å². The third kappa shape index (κ3) is 3.64. The number of nitrogens with one attached hydrogen (secondary N) is 1. The van der Waals surface area contributed by atoms with Gasteiger partial charge in [0.15, 0.2) is 0 Å².